The Morgan fingerprint density at radius 2 is 2.25 bits per heavy atom. The highest BCUT2D eigenvalue weighted by molar-refractivity contribution is 5.93. The van der Waals surface area contributed by atoms with Crippen molar-refractivity contribution in [1.82, 2.24) is 19.0 Å². The topological polar surface area (TPSA) is 73.3 Å². The van der Waals surface area contributed by atoms with Crippen molar-refractivity contribution in [2.75, 3.05) is 13.1 Å². The van der Waals surface area contributed by atoms with E-state index in [-0.39, 0.29) is 17.6 Å². The fourth-order valence-corrected chi connectivity index (χ4v) is 3.44. The van der Waals surface area contributed by atoms with Crippen LogP contribution in [0.25, 0.3) is 11.2 Å². The van der Waals surface area contributed by atoms with E-state index < -0.39 is 0 Å². The number of carbonyl (C=O) groups excluding carboxylic acids is 1. The van der Waals surface area contributed by atoms with Gasteiger partial charge in [0.1, 0.15) is 6.26 Å². The van der Waals surface area contributed by atoms with Gasteiger partial charge in [0.25, 0.3) is 5.91 Å². The maximum absolute atomic E-state index is 12.7. The highest BCUT2D eigenvalue weighted by atomic mass is 16.3. The Kier molecular flexibility index (Phi) is 3.48. The summed E-state index contributed by atoms with van der Waals surface area (Å²) in [7, 11) is 1.75. The highest BCUT2D eigenvalue weighted by Gasteiger charge is 2.28. The van der Waals surface area contributed by atoms with E-state index in [1.165, 1.54) is 12.5 Å². The average molecular weight is 326 g/mol. The summed E-state index contributed by atoms with van der Waals surface area (Å²) in [5, 5.41) is 0. The first kappa shape index (κ1) is 14.7. The fraction of sp³-hybridized carbons (Fsp3) is 0.353. The van der Waals surface area contributed by atoms with Crippen LogP contribution in [0, 0.1) is 0 Å². The maximum atomic E-state index is 12.7. The van der Waals surface area contributed by atoms with Crippen molar-refractivity contribution in [3.05, 3.63) is 53.0 Å². The number of aryl methyl sites for hydroxylation is 1. The molecule has 1 amide bonds. The van der Waals surface area contributed by atoms with Gasteiger partial charge in [-0.2, -0.15) is 0 Å². The van der Waals surface area contributed by atoms with Crippen LogP contribution >= 0.6 is 0 Å². The number of hydrogen-bond acceptors (Lipinski definition) is 4. The normalized spacial score (nSPS) is 18.2. The van der Waals surface area contributed by atoms with Crippen molar-refractivity contribution in [3.8, 4) is 0 Å². The van der Waals surface area contributed by atoms with Gasteiger partial charge in [0.05, 0.1) is 23.4 Å². The Balaban J connectivity index is 1.69. The van der Waals surface area contributed by atoms with Crippen LogP contribution in [0.2, 0.25) is 0 Å². The number of aromatic nitrogens is 3. The number of carbonyl (C=O) groups is 1. The van der Waals surface area contributed by atoms with Crippen LogP contribution in [-0.2, 0) is 7.05 Å². The third kappa shape index (κ3) is 2.24. The number of hydrogen-bond donors (Lipinski definition) is 0. The second kappa shape index (κ2) is 5.67. The lowest BCUT2D eigenvalue weighted by molar-refractivity contribution is 0.0678. The third-order valence-electron chi connectivity index (χ3n) is 4.67. The second-order valence-electron chi connectivity index (χ2n) is 6.12. The Morgan fingerprint density at radius 3 is 3.04 bits per heavy atom. The Hall–Kier alpha value is -2.83. The van der Waals surface area contributed by atoms with E-state index in [4.69, 9.17) is 4.42 Å². The SMILES string of the molecule is Cn1c(=O)n([C@H]2CCCN(C(=O)c3ccoc3)C2)c2ncccc21. The highest BCUT2D eigenvalue weighted by Crippen LogP contribution is 2.24. The number of pyridine rings is 1. The third-order valence-corrected chi connectivity index (χ3v) is 4.67. The summed E-state index contributed by atoms with van der Waals surface area (Å²) in [6.07, 6.45) is 6.34. The predicted molar refractivity (Wildman–Crippen MR) is 87.9 cm³/mol. The number of amides is 1. The van der Waals surface area contributed by atoms with Gasteiger partial charge in [-0.05, 0) is 31.0 Å². The summed E-state index contributed by atoms with van der Waals surface area (Å²) < 4.78 is 8.34. The quantitative estimate of drug-likeness (QED) is 0.720. The van der Waals surface area contributed by atoms with Crippen LogP contribution in [0.3, 0.4) is 0 Å². The van der Waals surface area contributed by atoms with Gasteiger partial charge in [-0.3, -0.25) is 13.9 Å². The molecule has 4 heterocycles. The lowest BCUT2D eigenvalue weighted by Gasteiger charge is -2.32. The molecule has 0 saturated carbocycles. The zero-order chi connectivity index (χ0) is 16.7. The minimum atomic E-state index is -0.0914. The second-order valence-corrected chi connectivity index (χ2v) is 6.12. The van der Waals surface area contributed by atoms with E-state index in [0.717, 1.165) is 18.4 Å². The van der Waals surface area contributed by atoms with Crippen LogP contribution in [0.5, 0.6) is 0 Å². The Labute approximate surface area is 138 Å². The van der Waals surface area contributed by atoms with Gasteiger partial charge in [-0.1, -0.05) is 0 Å². The molecule has 0 bridgehead atoms. The molecule has 4 rings (SSSR count). The molecule has 1 aliphatic rings. The molecule has 1 aliphatic heterocycles. The largest absolute Gasteiger partial charge is 0.472 e. The molecule has 0 radical (unpaired) electrons. The summed E-state index contributed by atoms with van der Waals surface area (Å²) in [5.41, 5.74) is 1.93. The van der Waals surface area contributed by atoms with E-state index in [1.54, 1.807) is 33.3 Å². The summed E-state index contributed by atoms with van der Waals surface area (Å²) in [6.45, 7) is 1.19. The summed E-state index contributed by atoms with van der Waals surface area (Å²) in [5.74, 6) is -0.0605. The zero-order valence-corrected chi connectivity index (χ0v) is 13.4. The van der Waals surface area contributed by atoms with Gasteiger partial charge in [0.15, 0.2) is 5.65 Å². The van der Waals surface area contributed by atoms with Crippen molar-refractivity contribution in [2.45, 2.75) is 18.9 Å². The molecule has 0 unspecified atom stereocenters. The number of likely N-dealkylation sites (tertiary alicyclic amines) is 1. The minimum absolute atomic E-state index is 0.0605. The van der Waals surface area contributed by atoms with Crippen molar-refractivity contribution in [3.63, 3.8) is 0 Å². The molecule has 24 heavy (non-hydrogen) atoms. The van der Waals surface area contributed by atoms with Crippen molar-refractivity contribution >= 4 is 17.1 Å². The molecule has 3 aromatic heterocycles. The average Bonchev–Trinajstić information content (AvgIpc) is 3.23. The molecule has 1 fully saturated rings. The lowest BCUT2D eigenvalue weighted by atomic mass is 10.0. The standard InChI is InChI=1S/C17H18N4O3/c1-19-14-5-2-7-18-15(14)21(17(19)23)13-4-3-8-20(10-13)16(22)12-6-9-24-11-12/h2,5-7,9,11,13H,3-4,8,10H2,1H3/t13-/m0/s1. The summed E-state index contributed by atoms with van der Waals surface area (Å²) >= 11 is 0. The van der Waals surface area contributed by atoms with E-state index in [2.05, 4.69) is 4.98 Å². The molecule has 3 aromatic rings. The van der Waals surface area contributed by atoms with Crippen LogP contribution in [-0.4, -0.2) is 38.0 Å². The van der Waals surface area contributed by atoms with Gasteiger partial charge >= 0.3 is 5.69 Å². The molecule has 7 nitrogen and oxygen atoms in total. The van der Waals surface area contributed by atoms with E-state index >= 15 is 0 Å². The molecule has 0 aliphatic carbocycles. The van der Waals surface area contributed by atoms with Crippen LogP contribution in [0.1, 0.15) is 29.2 Å². The first-order chi connectivity index (χ1) is 11.7. The van der Waals surface area contributed by atoms with Crippen LogP contribution < -0.4 is 5.69 Å². The molecule has 7 heteroatoms. The molecule has 1 saturated heterocycles. The van der Waals surface area contributed by atoms with Gasteiger partial charge in [0, 0.05) is 26.3 Å². The first-order valence-corrected chi connectivity index (χ1v) is 8.00. The van der Waals surface area contributed by atoms with Crippen LogP contribution in [0.15, 0.2) is 46.1 Å². The maximum Gasteiger partial charge on any atom is 0.330 e. The molecular weight excluding hydrogens is 308 g/mol. The number of furan rings is 1. The van der Waals surface area contributed by atoms with Gasteiger partial charge in [0.2, 0.25) is 0 Å². The Morgan fingerprint density at radius 1 is 1.38 bits per heavy atom. The zero-order valence-electron chi connectivity index (χ0n) is 13.4. The van der Waals surface area contributed by atoms with Crippen LogP contribution in [0.4, 0.5) is 0 Å². The van der Waals surface area contributed by atoms with Gasteiger partial charge in [-0.15, -0.1) is 0 Å². The molecule has 0 N–H and O–H groups in total. The van der Waals surface area contributed by atoms with Crippen molar-refractivity contribution < 1.29 is 9.21 Å². The lowest BCUT2D eigenvalue weighted by Crippen LogP contribution is -2.42. The molecule has 0 spiro atoms. The molecule has 1 atom stereocenters. The minimum Gasteiger partial charge on any atom is -0.472 e. The smallest absolute Gasteiger partial charge is 0.330 e. The number of fused-ring (bicyclic) bond motifs is 1. The number of rotatable bonds is 2. The predicted octanol–water partition coefficient (Wildman–Crippen LogP) is 1.81. The fourth-order valence-electron chi connectivity index (χ4n) is 3.44. The number of imidazole rings is 1. The van der Waals surface area contributed by atoms with Crippen molar-refractivity contribution in [1.29, 1.82) is 0 Å². The van der Waals surface area contributed by atoms with Gasteiger partial charge in [-0.25, -0.2) is 9.78 Å². The van der Waals surface area contributed by atoms with E-state index in [1.807, 2.05) is 12.1 Å². The van der Waals surface area contributed by atoms with E-state index in [0.29, 0.717) is 24.3 Å². The molecular formula is C17H18N4O3. The van der Waals surface area contributed by atoms with Crippen molar-refractivity contribution in [2.24, 2.45) is 7.05 Å². The molecule has 124 valence electrons. The summed E-state index contributed by atoms with van der Waals surface area (Å²) in [4.78, 5) is 31.4. The summed E-state index contributed by atoms with van der Waals surface area (Å²) in [6, 6.07) is 5.30. The van der Waals surface area contributed by atoms with E-state index in [9.17, 15) is 9.59 Å². The molecule has 0 aromatic carbocycles. The number of piperidine rings is 1. The van der Waals surface area contributed by atoms with Gasteiger partial charge < -0.3 is 9.32 Å². The number of nitrogens with zero attached hydrogens (tertiary/aromatic N) is 4. The first-order valence-electron chi connectivity index (χ1n) is 8.00. The monoisotopic (exact) mass is 326 g/mol. The Bertz CT molecular complexity index is 939.